The first-order valence-electron chi connectivity index (χ1n) is 7.11. The van der Waals surface area contributed by atoms with Crippen molar-refractivity contribution >= 4 is 52.4 Å². The number of halogens is 2. The molecule has 0 aliphatic carbocycles. The summed E-state index contributed by atoms with van der Waals surface area (Å²) >= 11 is 17.3. The zero-order valence-electron chi connectivity index (χ0n) is 12.8. The van der Waals surface area contributed by atoms with Crippen LogP contribution in [0.4, 0.5) is 5.69 Å². The van der Waals surface area contributed by atoms with Crippen molar-refractivity contribution in [3.05, 3.63) is 63.6 Å². The standard InChI is InChI=1S/C17H17Cl2N3S/c1-11(2)12-6-8-13(9-7-12)21-17(23)22-20-10-14-15(18)4-3-5-16(14)19/h3-11H,1-2H3,(H2,21,22,23). The number of nitrogens with zero attached hydrogens (tertiary/aromatic N) is 1. The van der Waals surface area contributed by atoms with Crippen molar-refractivity contribution in [2.24, 2.45) is 5.10 Å². The first-order chi connectivity index (χ1) is 11.0. The lowest BCUT2D eigenvalue weighted by Crippen LogP contribution is -2.23. The van der Waals surface area contributed by atoms with Gasteiger partial charge in [0.15, 0.2) is 5.11 Å². The molecule has 0 aliphatic rings. The third kappa shape index (κ3) is 5.20. The lowest BCUT2D eigenvalue weighted by Gasteiger charge is -2.09. The number of anilines is 1. The lowest BCUT2D eigenvalue weighted by molar-refractivity contribution is 0.867. The molecule has 0 heterocycles. The van der Waals surface area contributed by atoms with Crippen molar-refractivity contribution in [2.45, 2.75) is 19.8 Å². The van der Waals surface area contributed by atoms with Crippen LogP contribution in [-0.2, 0) is 0 Å². The van der Waals surface area contributed by atoms with E-state index in [1.807, 2.05) is 12.1 Å². The zero-order chi connectivity index (χ0) is 16.8. The van der Waals surface area contributed by atoms with E-state index in [4.69, 9.17) is 35.4 Å². The van der Waals surface area contributed by atoms with Crippen LogP contribution in [-0.4, -0.2) is 11.3 Å². The van der Waals surface area contributed by atoms with Crippen molar-refractivity contribution in [1.82, 2.24) is 5.43 Å². The quantitative estimate of drug-likeness (QED) is 0.430. The van der Waals surface area contributed by atoms with Gasteiger partial charge in [-0.1, -0.05) is 55.2 Å². The fraction of sp³-hybridized carbons (Fsp3) is 0.176. The molecule has 0 radical (unpaired) electrons. The Hall–Kier alpha value is -1.62. The van der Waals surface area contributed by atoms with Crippen LogP contribution in [0, 0.1) is 0 Å². The van der Waals surface area contributed by atoms with Gasteiger partial charge in [-0.15, -0.1) is 0 Å². The largest absolute Gasteiger partial charge is 0.331 e. The molecule has 2 aromatic carbocycles. The minimum atomic E-state index is 0.390. The number of hydrazone groups is 1. The maximum atomic E-state index is 6.06. The summed E-state index contributed by atoms with van der Waals surface area (Å²) in [6.07, 6.45) is 1.54. The number of thiocarbonyl (C=S) groups is 1. The smallest absolute Gasteiger partial charge is 0.191 e. The molecule has 0 spiro atoms. The molecule has 0 amide bonds. The van der Waals surface area contributed by atoms with Gasteiger partial charge < -0.3 is 5.32 Å². The molecule has 0 saturated carbocycles. The Balaban J connectivity index is 1.93. The van der Waals surface area contributed by atoms with Gasteiger partial charge in [0, 0.05) is 11.3 Å². The van der Waals surface area contributed by atoms with Crippen molar-refractivity contribution in [3.63, 3.8) is 0 Å². The number of hydrogen-bond donors (Lipinski definition) is 2. The summed E-state index contributed by atoms with van der Waals surface area (Å²) in [7, 11) is 0. The van der Waals surface area contributed by atoms with Crippen molar-refractivity contribution in [1.29, 1.82) is 0 Å². The van der Waals surface area contributed by atoms with Crippen LogP contribution < -0.4 is 10.7 Å². The molecule has 0 bridgehead atoms. The lowest BCUT2D eigenvalue weighted by atomic mass is 10.0. The molecular weight excluding hydrogens is 349 g/mol. The number of hydrogen-bond acceptors (Lipinski definition) is 2. The Kier molecular flexibility index (Phi) is 6.39. The Labute approximate surface area is 151 Å². The molecule has 2 rings (SSSR count). The van der Waals surface area contributed by atoms with E-state index >= 15 is 0 Å². The van der Waals surface area contributed by atoms with Gasteiger partial charge >= 0.3 is 0 Å². The predicted molar refractivity (Wildman–Crippen MR) is 104 cm³/mol. The van der Waals surface area contributed by atoms with E-state index in [0.29, 0.717) is 26.6 Å². The molecular formula is C17H17Cl2N3S. The number of benzene rings is 2. The van der Waals surface area contributed by atoms with Crippen LogP contribution in [0.1, 0.15) is 30.9 Å². The van der Waals surface area contributed by atoms with Crippen molar-refractivity contribution in [3.8, 4) is 0 Å². The van der Waals surface area contributed by atoms with E-state index in [1.165, 1.54) is 5.56 Å². The highest BCUT2D eigenvalue weighted by Gasteiger charge is 2.03. The topological polar surface area (TPSA) is 36.4 Å². The van der Waals surface area contributed by atoms with E-state index in [2.05, 4.69) is 41.8 Å². The molecule has 0 unspecified atom stereocenters. The Morgan fingerprint density at radius 2 is 1.70 bits per heavy atom. The average molecular weight is 366 g/mol. The molecule has 3 nitrogen and oxygen atoms in total. The molecule has 0 saturated heterocycles. The van der Waals surface area contributed by atoms with Gasteiger partial charge in [-0.25, -0.2) is 0 Å². The van der Waals surface area contributed by atoms with Crippen LogP contribution in [0.25, 0.3) is 0 Å². The normalized spacial score (nSPS) is 11.0. The summed E-state index contributed by atoms with van der Waals surface area (Å²) in [6, 6.07) is 13.4. The number of nitrogens with one attached hydrogen (secondary N) is 2. The number of rotatable bonds is 4. The van der Waals surface area contributed by atoms with Crippen LogP contribution in [0.2, 0.25) is 10.0 Å². The molecule has 23 heavy (non-hydrogen) atoms. The molecule has 0 atom stereocenters. The maximum absolute atomic E-state index is 6.06. The molecule has 0 fully saturated rings. The second kappa shape index (κ2) is 8.29. The summed E-state index contributed by atoms with van der Waals surface area (Å²) in [5.74, 6) is 0.499. The predicted octanol–water partition coefficient (Wildman–Crippen LogP) is 5.44. The third-order valence-corrected chi connectivity index (χ3v) is 4.05. The zero-order valence-corrected chi connectivity index (χ0v) is 15.1. The van der Waals surface area contributed by atoms with Crippen LogP contribution in [0.5, 0.6) is 0 Å². The fourth-order valence-corrected chi connectivity index (χ4v) is 2.57. The highest BCUT2D eigenvalue weighted by atomic mass is 35.5. The van der Waals surface area contributed by atoms with Gasteiger partial charge in [0.25, 0.3) is 0 Å². The third-order valence-electron chi connectivity index (χ3n) is 3.19. The van der Waals surface area contributed by atoms with Gasteiger partial charge in [0.05, 0.1) is 16.3 Å². The Bertz CT molecular complexity index is 692. The molecule has 2 N–H and O–H groups in total. The molecule has 2 aromatic rings. The second-order valence-electron chi connectivity index (χ2n) is 5.24. The highest BCUT2D eigenvalue weighted by molar-refractivity contribution is 7.80. The second-order valence-corrected chi connectivity index (χ2v) is 6.46. The van der Waals surface area contributed by atoms with E-state index in [9.17, 15) is 0 Å². The summed E-state index contributed by atoms with van der Waals surface area (Å²) < 4.78 is 0. The van der Waals surface area contributed by atoms with Gasteiger partial charge in [0.1, 0.15) is 0 Å². The van der Waals surface area contributed by atoms with E-state index in [-0.39, 0.29) is 0 Å². The van der Waals surface area contributed by atoms with Gasteiger partial charge in [-0.3, -0.25) is 5.43 Å². The molecule has 6 heteroatoms. The Morgan fingerprint density at radius 3 is 2.26 bits per heavy atom. The first kappa shape index (κ1) is 17.7. The highest BCUT2D eigenvalue weighted by Crippen LogP contribution is 2.22. The molecule has 0 aliphatic heterocycles. The summed E-state index contributed by atoms with van der Waals surface area (Å²) in [5, 5.41) is 8.58. The minimum absolute atomic E-state index is 0.390. The van der Waals surface area contributed by atoms with Crippen LogP contribution in [0.15, 0.2) is 47.6 Å². The summed E-state index contributed by atoms with van der Waals surface area (Å²) in [5.41, 5.74) is 5.57. The summed E-state index contributed by atoms with van der Waals surface area (Å²) in [6.45, 7) is 4.31. The van der Waals surface area contributed by atoms with Crippen molar-refractivity contribution < 1.29 is 0 Å². The minimum Gasteiger partial charge on any atom is -0.331 e. The summed E-state index contributed by atoms with van der Waals surface area (Å²) in [4.78, 5) is 0. The average Bonchev–Trinajstić information content (AvgIpc) is 2.51. The van der Waals surface area contributed by atoms with E-state index in [0.717, 1.165) is 5.69 Å². The van der Waals surface area contributed by atoms with Gasteiger partial charge in [-0.05, 0) is 48.0 Å². The Morgan fingerprint density at radius 1 is 1.09 bits per heavy atom. The van der Waals surface area contributed by atoms with Gasteiger partial charge in [-0.2, -0.15) is 5.10 Å². The fourth-order valence-electron chi connectivity index (χ4n) is 1.90. The van der Waals surface area contributed by atoms with E-state index in [1.54, 1.807) is 24.4 Å². The van der Waals surface area contributed by atoms with E-state index < -0.39 is 0 Å². The van der Waals surface area contributed by atoms with Gasteiger partial charge in [0.2, 0.25) is 0 Å². The van der Waals surface area contributed by atoms with Crippen LogP contribution >= 0.6 is 35.4 Å². The van der Waals surface area contributed by atoms with Crippen LogP contribution in [0.3, 0.4) is 0 Å². The molecule has 120 valence electrons. The maximum Gasteiger partial charge on any atom is 0.191 e. The SMILES string of the molecule is CC(C)c1ccc(NC(=S)NN=Cc2c(Cl)cccc2Cl)cc1. The molecule has 0 aromatic heterocycles. The van der Waals surface area contributed by atoms with Crippen molar-refractivity contribution in [2.75, 3.05) is 5.32 Å². The monoisotopic (exact) mass is 365 g/mol. The first-order valence-corrected chi connectivity index (χ1v) is 8.28.